The Morgan fingerprint density at radius 1 is 1.11 bits per heavy atom. The number of hydrogen-bond donors (Lipinski definition) is 1. The number of ether oxygens (including phenoxy) is 2. The van der Waals surface area contributed by atoms with Crippen molar-refractivity contribution in [1.82, 2.24) is 9.97 Å². The van der Waals surface area contributed by atoms with Gasteiger partial charge in [0.05, 0.1) is 37.0 Å². The molecule has 0 saturated heterocycles. The predicted octanol–water partition coefficient (Wildman–Crippen LogP) is 3.78. The second-order valence-corrected chi connectivity index (χ2v) is 5.61. The first-order chi connectivity index (χ1) is 13.0. The van der Waals surface area contributed by atoms with E-state index in [0.717, 1.165) is 22.6 Å². The van der Waals surface area contributed by atoms with E-state index in [1.165, 1.54) is 6.07 Å². The minimum Gasteiger partial charge on any atom is -0.536 e. The van der Waals surface area contributed by atoms with Crippen molar-refractivity contribution in [2.75, 3.05) is 14.2 Å². The van der Waals surface area contributed by atoms with E-state index in [1.54, 1.807) is 44.7 Å². The van der Waals surface area contributed by atoms with Crippen molar-refractivity contribution in [3.05, 3.63) is 65.6 Å². The van der Waals surface area contributed by atoms with E-state index >= 15 is 0 Å². The summed E-state index contributed by atoms with van der Waals surface area (Å²) in [4.78, 5) is 18.8. The van der Waals surface area contributed by atoms with Gasteiger partial charge in [-0.1, -0.05) is 18.2 Å². The largest absolute Gasteiger partial charge is 0.536 e. The predicted molar refractivity (Wildman–Crippen MR) is 102 cm³/mol. The number of benzene rings is 2. The Labute approximate surface area is 177 Å². The van der Waals surface area contributed by atoms with Crippen LogP contribution >= 0.6 is 0 Å². The Morgan fingerprint density at radius 3 is 2.32 bits per heavy atom. The molecule has 6 nitrogen and oxygen atoms in total. The van der Waals surface area contributed by atoms with E-state index in [2.05, 4.69) is 16.0 Å². The summed E-state index contributed by atoms with van der Waals surface area (Å²) < 4.78 is 10.5. The normalized spacial score (nSPS) is 9.43. The number of phenolic OH excluding ortho intramolecular Hbond substituents is 1. The molecule has 0 aliphatic carbocycles. The van der Waals surface area contributed by atoms with Crippen LogP contribution in [0.5, 0.6) is 17.2 Å². The molecule has 0 unspecified atom stereocenters. The number of phenols is 1. The van der Waals surface area contributed by atoms with Gasteiger partial charge in [0.2, 0.25) is 0 Å². The van der Waals surface area contributed by atoms with Gasteiger partial charge in [-0.15, -0.1) is 17.7 Å². The molecule has 7 heteroatoms. The monoisotopic (exact) mass is 558 g/mol. The number of carbonyl (C=O) groups excluding carboxylic acids is 1. The standard InChI is InChI=1S/C14H15N2O2.C7H6O2.Ir/c1-9-8-15-14(10(2)16-9)11-5-6-12(17-3)13(7-11)18-4;8-5-6-3-1-2-4-7(6)9;/h6-8H,1-4H3;1-5,9H;/q-1;;. The maximum Gasteiger partial charge on any atom is 0.153 e. The quantitative estimate of drug-likeness (QED) is 0.389. The molecule has 0 amide bonds. The summed E-state index contributed by atoms with van der Waals surface area (Å²) in [6.07, 6.45) is 2.36. The van der Waals surface area contributed by atoms with Gasteiger partial charge in [0.25, 0.3) is 0 Å². The van der Waals surface area contributed by atoms with Gasteiger partial charge < -0.3 is 19.6 Å². The molecule has 149 valence electrons. The van der Waals surface area contributed by atoms with Crippen LogP contribution in [0.4, 0.5) is 0 Å². The number of aromatic nitrogens is 2. The number of para-hydroxylation sites is 1. The zero-order valence-electron chi connectivity index (χ0n) is 16.0. The molecular formula is C21H21IrN2O4-. The Morgan fingerprint density at radius 2 is 1.79 bits per heavy atom. The molecule has 2 aromatic carbocycles. The molecule has 0 saturated carbocycles. The second-order valence-electron chi connectivity index (χ2n) is 5.61. The van der Waals surface area contributed by atoms with Crippen LogP contribution in [0.3, 0.4) is 0 Å². The van der Waals surface area contributed by atoms with Crippen molar-refractivity contribution in [3.63, 3.8) is 0 Å². The first-order valence-corrected chi connectivity index (χ1v) is 8.17. The molecule has 0 bridgehead atoms. The number of aldehydes is 1. The van der Waals surface area contributed by atoms with Gasteiger partial charge in [0, 0.05) is 37.7 Å². The molecule has 1 N–H and O–H groups in total. The van der Waals surface area contributed by atoms with Crippen molar-refractivity contribution in [3.8, 4) is 28.5 Å². The molecule has 0 fully saturated rings. The summed E-state index contributed by atoms with van der Waals surface area (Å²) in [5, 5.41) is 8.88. The molecular weight excluding hydrogens is 536 g/mol. The van der Waals surface area contributed by atoms with Gasteiger partial charge in [-0.05, 0) is 26.0 Å². The van der Waals surface area contributed by atoms with Crippen LogP contribution in [0.15, 0.2) is 42.6 Å². The number of hydrogen-bond acceptors (Lipinski definition) is 6. The SMILES string of the molecule is COc1c[c-]c(-c2ncc(C)nc2C)cc1OC.O=Cc1ccccc1O.[Ir]. The Bertz CT molecular complexity index is 932. The molecule has 0 aliphatic rings. The molecule has 0 spiro atoms. The summed E-state index contributed by atoms with van der Waals surface area (Å²) in [5.74, 6) is 1.35. The first-order valence-electron chi connectivity index (χ1n) is 8.17. The number of rotatable bonds is 4. The number of aryl methyl sites for hydroxylation is 2. The van der Waals surface area contributed by atoms with Gasteiger partial charge in [-0.25, -0.2) is 0 Å². The van der Waals surface area contributed by atoms with Crippen molar-refractivity contribution < 1.29 is 39.5 Å². The molecule has 3 aromatic rings. The number of methoxy groups -OCH3 is 2. The maximum atomic E-state index is 10.1. The van der Waals surface area contributed by atoms with Gasteiger partial charge in [-0.3, -0.25) is 9.78 Å². The van der Waals surface area contributed by atoms with E-state index in [1.807, 2.05) is 19.9 Å². The third-order valence-electron chi connectivity index (χ3n) is 3.70. The van der Waals surface area contributed by atoms with Crippen molar-refractivity contribution in [2.24, 2.45) is 0 Å². The van der Waals surface area contributed by atoms with Crippen LogP contribution in [0.1, 0.15) is 21.7 Å². The third-order valence-corrected chi connectivity index (χ3v) is 3.70. The van der Waals surface area contributed by atoms with Crippen LogP contribution in [0.25, 0.3) is 11.3 Å². The smallest absolute Gasteiger partial charge is 0.153 e. The fourth-order valence-corrected chi connectivity index (χ4v) is 2.36. The average Bonchev–Trinajstić information content (AvgIpc) is 2.68. The summed E-state index contributed by atoms with van der Waals surface area (Å²) >= 11 is 0. The van der Waals surface area contributed by atoms with Gasteiger partial charge in [0.15, 0.2) is 6.29 Å². The fraction of sp³-hybridized carbons (Fsp3) is 0.190. The summed E-state index contributed by atoms with van der Waals surface area (Å²) in [6.45, 7) is 3.85. The van der Waals surface area contributed by atoms with Crippen LogP contribution in [-0.4, -0.2) is 35.6 Å². The van der Waals surface area contributed by atoms with E-state index in [4.69, 9.17) is 14.6 Å². The zero-order chi connectivity index (χ0) is 19.8. The molecule has 0 aliphatic heterocycles. The zero-order valence-corrected chi connectivity index (χ0v) is 18.4. The summed E-state index contributed by atoms with van der Waals surface area (Å²) in [5.41, 5.74) is 3.76. The van der Waals surface area contributed by atoms with Crippen LogP contribution < -0.4 is 9.47 Å². The van der Waals surface area contributed by atoms with Crippen LogP contribution in [0, 0.1) is 19.9 Å². The maximum absolute atomic E-state index is 10.1. The van der Waals surface area contributed by atoms with Crippen molar-refractivity contribution in [1.29, 1.82) is 0 Å². The summed E-state index contributed by atoms with van der Waals surface area (Å²) in [6, 6.07) is 13.1. The first kappa shape index (κ1) is 23.3. The molecule has 3 rings (SSSR count). The van der Waals surface area contributed by atoms with Crippen molar-refractivity contribution >= 4 is 6.29 Å². The average molecular weight is 558 g/mol. The van der Waals surface area contributed by atoms with Crippen LogP contribution in [0.2, 0.25) is 0 Å². The van der Waals surface area contributed by atoms with E-state index in [-0.39, 0.29) is 25.9 Å². The minimum atomic E-state index is 0. The molecule has 1 aromatic heterocycles. The Hall–Kier alpha value is -2.76. The Balaban J connectivity index is 0.000000332. The van der Waals surface area contributed by atoms with Crippen LogP contribution in [-0.2, 0) is 20.1 Å². The molecule has 28 heavy (non-hydrogen) atoms. The van der Waals surface area contributed by atoms with Gasteiger partial charge >= 0.3 is 0 Å². The fourth-order valence-electron chi connectivity index (χ4n) is 2.36. The minimum absolute atomic E-state index is 0. The third kappa shape index (κ3) is 5.87. The number of carbonyl (C=O) groups is 1. The number of aromatic hydroxyl groups is 1. The number of nitrogens with zero attached hydrogens (tertiary/aromatic N) is 2. The van der Waals surface area contributed by atoms with E-state index in [0.29, 0.717) is 23.3 Å². The van der Waals surface area contributed by atoms with E-state index < -0.39 is 0 Å². The topological polar surface area (TPSA) is 81.5 Å². The van der Waals surface area contributed by atoms with Gasteiger partial charge in [-0.2, -0.15) is 0 Å². The second kappa shape index (κ2) is 11.2. The molecule has 0 atom stereocenters. The van der Waals surface area contributed by atoms with Crippen molar-refractivity contribution in [2.45, 2.75) is 13.8 Å². The Kier molecular flexibility index (Phi) is 9.28. The van der Waals surface area contributed by atoms with Gasteiger partial charge in [0.1, 0.15) is 5.75 Å². The summed E-state index contributed by atoms with van der Waals surface area (Å²) in [7, 11) is 3.21. The van der Waals surface area contributed by atoms with E-state index in [9.17, 15) is 4.79 Å². The molecule has 1 radical (unpaired) electrons. The molecule has 1 heterocycles.